The van der Waals surface area contributed by atoms with Crippen molar-refractivity contribution in [2.45, 2.75) is 32.4 Å². The average Bonchev–Trinajstić information content (AvgIpc) is 2.30. The summed E-state index contributed by atoms with van der Waals surface area (Å²) in [5.41, 5.74) is 0.144. The van der Waals surface area contributed by atoms with Crippen LogP contribution in [-0.2, 0) is 4.74 Å². The summed E-state index contributed by atoms with van der Waals surface area (Å²) >= 11 is 3.21. The Balaban J connectivity index is 3.18. The third-order valence-electron chi connectivity index (χ3n) is 2.92. The second-order valence-corrected chi connectivity index (χ2v) is 5.30. The monoisotopic (exact) mass is 303 g/mol. The lowest BCUT2D eigenvalue weighted by Gasteiger charge is -2.34. The van der Waals surface area contributed by atoms with E-state index in [0.29, 0.717) is 10.0 Å². The number of nitrogens with one attached hydrogen (secondary N) is 1. The Bertz CT molecular complexity index is 382. The van der Waals surface area contributed by atoms with Crippen molar-refractivity contribution in [3.05, 3.63) is 34.1 Å². The number of methoxy groups -OCH3 is 1. The zero-order valence-electron chi connectivity index (χ0n) is 10.7. The summed E-state index contributed by atoms with van der Waals surface area (Å²) in [7, 11) is 1.64. The van der Waals surface area contributed by atoms with Crippen molar-refractivity contribution >= 4 is 15.9 Å². The van der Waals surface area contributed by atoms with Crippen LogP contribution >= 0.6 is 15.9 Å². The van der Waals surface area contributed by atoms with Gasteiger partial charge in [0, 0.05) is 12.7 Å². The lowest BCUT2D eigenvalue weighted by Crippen LogP contribution is -2.41. The lowest BCUT2D eigenvalue weighted by molar-refractivity contribution is -0.0116. The van der Waals surface area contributed by atoms with Gasteiger partial charge in [0.15, 0.2) is 0 Å². The molecule has 0 radical (unpaired) electrons. The van der Waals surface area contributed by atoms with Gasteiger partial charge in [0.05, 0.1) is 16.1 Å². The van der Waals surface area contributed by atoms with Gasteiger partial charge in [0.1, 0.15) is 5.82 Å². The molecule has 0 aliphatic heterocycles. The van der Waals surface area contributed by atoms with Gasteiger partial charge in [0.25, 0.3) is 0 Å². The van der Waals surface area contributed by atoms with Crippen molar-refractivity contribution in [3.8, 4) is 0 Å². The maximum atomic E-state index is 14.1. The molecule has 0 aliphatic carbocycles. The first-order valence-corrected chi connectivity index (χ1v) is 6.45. The van der Waals surface area contributed by atoms with Crippen molar-refractivity contribution in [1.82, 2.24) is 5.32 Å². The van der Waals surface area contributed by atoms with Crippen LogP contribution in [0, 0.1) is 5.82 Å². The minimum atomic E-state index is -0.475. The van der Waals surface area contributed by atoms with E-state index < -0.39 is 5.60 Å². The SMILES string of the molecule is CCNC(c1cccc(Br)c1F)C(C)(C)OC. The first-order chi connectivity index (χ1) is 7.94. The number of hydrogen-bond acceptors (Lipinski definition) is 2. The van der Waals surface area contributed by atoms with Gasteiger partial charge in [-0.1, -0.05) is 19.1 Å². The van der Waals surface area contributed by atoms with Crippen molar-refractivity contribution < 1.29 is 9.13 Å². The molecule has 0 heterocycles. The number of rotatable bonds is 5. The Morgan fingerprint density at radius 3 is 2.65 bits per heavy atom. The third-order valence-corrected chi connectivity index (χ3v) is 3.53. The van der Waals surface area contributed by atoms with E-state index in [-0.39, 0.29) is 11.9 Å². The Kier molecular flexibility index (Phi) is 5.10. The molecule has 0 spiro atoms. The zero-order chi connectivity index (χ0) is 13.1. The summed E-state index contributed by atoms with van der Waals surface area (Å²) in [6.07, 6.45) is 0. The number of ether oxygens (including phenoxy) is 1. The molecule has 96 valence electrons. The molecule has 0 amide bonds. The highest BCUT2D eigenvalue weighted by Gasteiger charge is 2.32. The molecule has 1 aromatic carbocycles. The van der Waals surface area contributed by atoms with E-state index in [0.717, 1.165) is 6.54 Å². The molecule has 0 bridgehead atoms. The first kappa shape index (κ1) is 14.6. The molecule has 0 aliphatic rings. The van der Waals surface area contributed by atoms with Gasteiger partial charge in [-0.2, -0.15) is 0 Å². The zero-order valence-corrected chi connectivity index (χ0v) is 12.3. The van der Waals surface area contributed by atoms with Gasteiger partial charge < -0.3 is 10.1 Å². The summed E-state index contributed by atoms with van der Waals surface area (Å²) in [4.78, 5) is 0. The molecular weight excluding hydrogens is 285 g/mol. The fourth-order valence-corrected chi connectivity index (χ4v) is 2.18. The van der Waals surface area contributed by atoms with Gasteiger partial charge in [-0.3, -0.25) is 0 Å². The molecule has 0 saturated heterocycles. The Labute approximate surface area is 111 Å². The van der Waals surface area contributed by atoms with E-state index in [4.69, 9.17) is 4.74 Å². The Hall–Kier alpha value is -0.450. The minimum absolute atomic E-state index is 0.185. The van der Waals surface area contributed by atoms with Crippen LogP contribution in [0.3, 0.4) is 0 Å². The maximum Gasteiger partial charge on any atom is 0.142 e. The molecule has 1 aromatic rings. The quantitative estimate of drug-likeness (QED) is 0.896. The van der Waals surface area contributed by atoms with Crippen LogP contribution in [0.25, 0.3) is 0 Å². The standard InChI is InChI=1S/C13H19BrFNO/c1-5-16-12(13(2,3)17-4)9-7-6-8-10(14)11(9)15/h6-8,12,16H,5H2,1-4H3. The van der Waals surface area contributed by atoms with E-state index in [2.05, 4.69) is 21.2 Å². The summed E-state index contributed by atoms with van der Waals surface area (Å²) in [6, 6.07) is 5.13. The molecule has 4 heteroatoms. The van der Waals surface area contributed by atoms with Crippen LogP contribution in [0.2, 0.25) is 0 Å². The molecule has 0 fully saturated rings. The number of hydrogen-bond donors (Lipinski definition) is 1. The molecule has 1 atom stereocenters. The van der Waals surface area contributed by atoms with E-state index in [1.165, 1.54) is 0 Å². The van der Waals surface area contributed by atoms with Crippen LogP contribution < -0.4 is 5.32 Å². The van der Waals surface area contributed by atoms with Gasteiger partial charge in [-0.25, -0.2) is 4.39 Å². The van der Waals surface area contributed by atoms with Crippen LogP contribution in [0.15, 0.2) is 22.7 Å². The fraction of sp³-hybridized carbons (Fsp3) is 0.538. The highest BCUT2D eigenvalue weighted by atomic mass is 79.9. The average molecular weight is 304 g/mol. The van der Waals surface area contributed by atoms with Crippen LogP contribution in [-0.4, -0.2) is 19.3 Å². The number of likely N-dealkylation sites (N-methyl/N-ethyl adjacent to an activating group) is 1. The maximum absolute atomic E-state index is 14.1. The molecule has 0 saturated carbocycles. The normalized spacial score (nSPS) is 13.8. The second-order valence-electron chi connectivity index (χ2n) is 4.44. The highest BCUT2D eigenvalue weighted by Crippen LogP contribution is 2.32. The predicted molar refractivity (Wildman–Crippen MR) is 71.6 cm³/mol. The van der Waals surface area contributed by atoms with Gasteiger partial charge in [0.2, 0.25) is 0 Å². The number of benzene rings is 1. The molecule has 0 aromatic heterocycles. The molecule has 1 N–H and O–H groups in total. The van der Waals surface area contributed by atoms with Crippen LogP contribution in [0.1, 0.15) is 32.4 Å². The van der Waals surface area contributed by atoms with E-state index >= 15 is 0 Å². The largest absolute Gasteiger partial charge is 0.377 e. The minimum Gasteiger partial charge on any atom is -0.377 e. The Morgan fingerprint density at radius 1 is 1.47 bits per heavy atom. The van der Waals surface area contributed by atoms with Gasteiger partial charge in [-0.05, 0) is 42.4 Å². The van der Waals surface area contributed by atoms with Crippen molar-refractivity contribution in [1.29, 1.82) is 0 Å². The summed E-state index contributed by atoms with van der Waals surface area (Å²) in [5.74, 6) is -0.233. The van der Waals surface area contributed by atoms with E-state index in [1.807, 2.05) is 26.8 Å². The van der Waals surface area contributed by atoms with Crippen molar-refractivity contribution in [2.75, 3.05) is 13.7 Å². The van der Waals surface area contributed by atoms with Crippen molar-refractivity contribution in [3.63, 3.8) is 0 Å². The highest BCUT2D eigenvalue weighted by molar-refractivity contribution is 9.10. The molecule has 17 heavy (non-hydrogen) atoms. The Morgan fingerprint density at radius 2 is 2.12 bits per heavy atom. The predicted octanol–water partition coefficient (Wildman–Crippen LogP) is 3.66. The summed E-state index contributed by atoms with van der Waals surface area (Å²) in [6.45, 7) is 6.64. The second kappa shape index (κ2) is 5.94. The van der Waals surface area contributed by atoms with Crippen LogP contribution in [0.4, 0.5) is 4.39 Å². The molecule has 1 rings (SSSR count). The van der Waals surface area contributed by atoms with E-state index in [9.17, 15) is 4.39 Å². The van der Waals surface area contributed by atoms with Gasteiger partial charge >= 0.3 is 0 Å². The smallest absolute Gasteiger partial charge is 0.142 e. The third kappa shape index (κ3) is 3.27. The van der Waals surface area contributed by atoms with Crippen LogP contribution in [0.5, 0.6) is 0 Å². The van der Waals surface area contributed by atoms with Crippen molar-refractivity contribution in [2.24, 2.45) is 0 Å². The van der Waals surface area contributed by atoms with Gasteiger partial charge in [-0.15, -0.1) is 0 Å². The fourth-order valence-electron chi connectivity index (χ4n) is 1.80. The molecule has 2 nitrogen and oxygen atoms in total. The topological polar surface area (TPSA) is 21.3 Å². The summed E-state index contributed by atoms with van der Waals surface area (Å²) in [5, 5.41) is 3.27. The summed E-state index contributed by atoms with van der Waals surface area (Å²) < 4.78 is 20.0. The first-order valence-electron chi connectivity index (χ1n) is 5.66. The molecular formula is C13H19BrFNO. The molecule has 1 unspecified atom stereocenters. The number of halogens is 2. The lowest BCUT2D eigenvalue weighted by atomic mass is 9.91. The van der Waals surface area contributed by atoms with E-state index in [1.54, 1.807) is 19.2 Å².